The van der Waals surface area contributed by atoms with E-state index in [1.54, 1.807) is 24.5 Å². The first kappa shape index (κ1) is 15.9. The van der Waals surface area contributed by atoms with Gasteiger partial charge >= 0.3 is 0 Å². The fourth-order valence-electron chi connectivity index (χ4n) is 1.82. The van der Waals surface area contributed by atoms with E-state index < -0.39 is 0 Å². The van der Waals surface area contributed by atoms with Crippen molar-refractivity contribution in [3.63, 3.8) is 0 Å². The Morgan fingerprint density at radius 2 is 2.10 bits per heavy atom. The first-order chi connectivity index (χ1) is 10.1. The van der Waals surface area contributed by atoms with Crippen molar-refractivity contribution in [1.82, 2.24) is 10.3 Å². The highest BCUT2D eigenvalue weighted by Gasteiger charge is 2.09. The largest absolute Gasteiger partial charge is 0.456 e. The molecule has 0 saturated carbocycles. The molecule has 0 saturated heterocycles. The third-order valence-electron chi connectivity index (χ3n) is 2.84. The summed E-state index contributed by atoms with van der Waals surface area (Å²) in [6.45, 7) is 5.88. The van der Waals surface area contributed by atoms with Crippen LogP contribution in [0.3, 0.4) is 0 Å². The molecule has 0 aliphatic heterocycles. The van der Waals surface area contributed by atoms with Crippen LogP contribution in [0.5, 0.6) is 11.5 Å². The number of pyridine rings is 1. The molecule has 5 heteroatoms. The predicted octanol–water partition coefficient (Wildman–Crippen LogP) is 4.52. The number of rotatable bonds is 6. The van der Waals surface area contributed by atoms with Crippen molar-refractivity contribution in [3.8, 4) is 11.5 Å². The molecule has 1 aromatic carbocycles. The van der Waals surface area contributed by atoms with Crippen molar-refractivity contribution in [2.45, 2.75) is 20.4 Å². The fourth-order valence-corrected chi connectivity index (χ4v) is 2.14. The van der Waals surface area contributed by atoms with Gasteiger partial charge in [-0.25, -0.2) is 4.39 Å². The quantitative estimate of drug-likeness (QED) is 0.829. The van der Waals surface area contributed by atoms with Gasteiger partial charge < -0.3 is 10.1 Å². The molecular weight excluding hydrogens is 335 g/mol. The Hall–Kier alpha value is -1.46. The van der Waals surface area contributed by atoms with Crippen LogP contribution < -0.4 is 10.1 Å². The molecule has 0 fully saturated rings. The third kappa shape index (κ3) is 4.79. The van der Waals surface area contributed by atoms with E-state index >= 15 is 0 Å². The molecule has 0 spiro atoms. The van der Waals surface area contributed by atoms with E-state index in [1.165, 1.54) is 12.1 Å². The van der Waals surface area contributed by atoms with Crippen LogP contribution in [0, 0.1) is 11.7 Å². The van der Waals surface area contributed by atoms with Gasteiger partial charge in [0.15, 0.2) is 0 Å². The molecule has 0 aliphatic carbocycles. The van der Waals surface area contributed by atoms with Gasteiger partial charge in [0.1, 0.15) is 17.3 Å². The Balaban J connectivity index is 2.14. The molecule has 2 rings (SSSR count). The van der Waals surface area contributed by atoms with E-state index in [-0.39, 0.29) is 5.82 Å². The second-order valence-electron chi connectivity index (χ2n) is 5.18. The van der Waals surface area contributed by atoms with Gasteiger partial charge in [-0.2, -0.15) is 0 Å². The highest BCUT2D eigenvalue weighted by atomic mass is 79.9. The number of hydrogen-bond acceptors (Lipinski definition) is 3. The average Bonchev–Trinajstić information content (AvgIpc) is 2.44. The van der Waals surface area contributed by atoms with E-state index in [2.05, 4.69) is 40.1 Å². The lowest BCUT2D eigenvalue weighted by Gasteiger charge is -2.13. The van der Waals surface area contributed by atoms with Crippen molar-refractivity contribution in [1.29, 1.82) is 0 Å². The number of aromatic nitrogens is 1. The van der Waals surface area contributed by atoms with Crippen LogP contribution in [0.1, 0.15) is 19.4 Å². The minimum absolute atomic E-state index is 0.332. The lowest BCUT2D eigenvalue weighted by molar-refractivity contribution is 0.460. The van der Waals surface area contributed by atoms with E-state index in [9.17, 15) is 4.39 Å². The lowest BCUT2D eigenvalue weighted by atomic mass is 10.2. The van der Waals surface area contributed by atoms with Crippen molar-refractivity contribution < 1.29 is 9.13 Å². The summed E-state index contributed by atoms with van der Waals surface area (Å²) in [5.41, 5.74) is 0.939. The molecule has 3 nitrogen and oxygen atoms in total. The van der Waals surface area contributed by atoms with Crippen LogP contribution in [0.4, 0.5) is 4.39 Å². The Kier molecular flexibility index (Phi) is 5.70. The minimum Gasteiger partial charge on any atom is -0.456 e. The van der Waals surface area contributed by atoms with Gasteiger partial charge in [-0.3, -0.25) is 4.98 Å². The van der Waals surface area contributed by atoms with Crippen molar-refractivity contribution in [2.75, 3.05) is 6.54 Å². The van der Waals surface area contributed by atoms with Crippen LogP contribution in [-0.2, 0) is 6.54 Å². The molecule has 0 aliphatic rings. The zero-order valence-electron chi connectivity index (χ0n) is 12.1. The lowest BCUT2D eigenvalue weighted by Crippen LogP contribution is -2.19. The molecule has 21 heavy (non-hydrogen) atoms. The SMILES string of the molecule is CC(C)CNCc1cnccc1Oc1cc(F)ccc1Br. The summed E-state index contributed by atoms with van der Waals surface area (Å²) in [7, 11) is 0. The van der Waals surface area contributed by atoms with Gasteiger partial charge in [-0.1, -0.05) is 13.8 Å². The van der Waals surface area contributed by atoms with E-state index in [0.29, 0.717) is 28.4 Å². The van der Waals surface area contributed by atoms with Crippen LogP contribution in [0.15, 0.2) is 41.1 Å². The van der Waals surface area contributed by atoms with Gasteiger partial charge in [-0.05, 0) is 46.6 Å². The van der Waals surface area contributed by atoms with Gasteiger partial charge in [0, 0.05) is 30.6 Å². The molecule has 1 aromatic heterocycles. The first-order valence-corrected chi connectivity index (χ1v) is 7.62. The topological polar surface area (TPSA) is 34.2 Å². The highest BCUT2D eigenvalue weighted by molar-refractivity contribution is 9.10. The maximum atomic E-state index is 13.3. The van der Waals surface area contributed by atoms with Gasteiger partial charge in [-0.15, -0.1) is 0 Å². The summed E-state index contributed by atoms with van der Waals surface area (Å²) in [5.74, 6) is 1.36. The van der Waals surface area contributed by atoms with Crippen LogP contribution in [0.2, 0.25) is 0 Å². The fraction of sp³-hybridized carbons (Fsp3) is 0.312. The average molecular weight is 353 g/mol. The number of nitrogens with zero attached hydrogens (tertiary/aromatic N) is 1. The molecule has 0 atom stereocenters. The van der Waals surface area contributed by atoms with Crippen LogP contribution in [-0.4, -0.2) is 11.5 Å². The Morgan fingerprint density at radius 3 is 2.86 bits per heavy atom. The van der Waals surface area contributed by atoms with Crippen LogP contribution in [0.25, 0.3) is 0 Å². The molecular formula is C16H18BrFN2O. The van der Waals surface area contributed by atoms with Crippen molar-refractivity contribution in [3.05, 3.63) is 52.5 Å². The van der Waals surface area contributed by atoms with E-state index in [1.807, 2.05) is 0 Å². The summed E-state index contributed by atoms with van der Waals surface area (Å²) in [6.07, 6.45) is 3.42. The third-order valence-corrected chi connectivity index (χ3v) is 3.50. The van der Waals surface area contributed by atoms with Crippen molar-refractivity contribution in [2.24, 2.45) is 5.92 Å². The number of ether oxygens (including phenoxy) is 1. The Morgan fingerprint density at radius 1 is 1.29 bits per heavy atom. The molecule has 0 amide bonds. The smallest absolute Gasteiger partial charge is 0.144 e. The molecule has 2 aromatic rings. The molecule has 0 radical (unpaired) electrons. The maximum absolute atomic E-state index is 13.3. The summed E-state index contributed by atoms with van der Waals surface area (Å²) in [6, 6.07) is 6.15. The number of nitrogens with one attached hydrogen (secondary N) is 1. The minimum atomic E-state index is -0.332. The predicted molar refractivity (Wildman–Crippen MR) is 85.0 cm³/mol. The summed E-state index contributed by atoms with van der Waals surface area (Å²) in [5, 5.41) is 3.35. The highest BCUT2D eigenvalue weighted by Crippen LogP contribution is 2.31. The zero-order chi connectivity index (χ0) is 15.2. The molecule has 1 heterocycles. The number of hydrogen-bond donors (Lipinski definition) is 1. The van der Waals surface area contributed by atoms with Gasteiger partial charge in [0.2, 0.25) is 0 Å². The summed E-state index contributed by atoms with van der Waals surface area (Å²) < 4.78 is 19.8. The maximum Gasteiger partial charge on any atom is 0.144 e. The van der Waals surface area contributed by atoms with Crippen molar-refractivity contribution >= 4 is 15.9 Å². The summed E-state index contributed by atoms with van der Waals surface area (Å²) >= 11 is 3.36. The standard InChI is InChI=1S/C16H18BrFN2O/c1-11(2)8-20-10-12-9-19-6-5-15(12)21-16-7-13(18)3-4-14(16)17/h3-7,9,11,20H,8,10H2,1-2H3. The van der Waals surface area contributed by atoms with E-state index in [0.717, 1.165) is 12.1 Å². The van der Waals surface area contributed by atoms with Gasteiger partial charge in [0.25, 0.3) is 0 Å². The van der Waals surface area contributed by atoms with E-state index in [4.69, 9.17) is 4.74 Å². The number of halogens is 2. The Bertz CT molecular complexity index is 605. The number of benzene rings is 1. The normalized spacial score (nSPS) is 10.9. The second-order valence-corrected chi connectivity index (χ2v) is 6.04. The first-order valence-electron chi connectivity index (χ1n) is 6.82. The zero-order valence-corrected chi connectivity index (χ0v) is 13.7. The monoisotopic (exact) mass is 352 g/mol. The molecule has 112 valence electrons. The van der Waals surface area contributed by atoms with Crippen LogP contribution >= 0.6 is 15.9 Å². The van der Waals surface area contributed by atoms with Gasteiger partial charge in [0.05, 0.1) is 4.47 Å². The summed E-state index contributed by atoms with van der Waals surface area (Å²) in [4.78, 5) is 4.12. The Labute approximate surface area is 132 Å². The molecule has 0 unspecified atom stereocenters. The second kappa shape index (κ2) is 7.52. The molecule has 1 N–H and O–H groups in total. The molecule has 0 bridgehead atoms.